The van der Waals surface area contributed by atoms with E-state index in [2.05, 4.69) is 11.8 Å². The highest BCUT2D eigenvalue weighted by Gasteiger charge is 2.04. The molecule has 0 bridgehead atoms. The summed E-state index contributed by atoms with van der Waals surface area (Å²) in [7, 11) is 0. The molecule has 0 aliphatic rings. The van der Waals surface area contributed by atoms with E-state index >= 15 is 0 Å². The van der Waals surface area contributed by atoms with Crippen molar-refractivity contribution in [3.8, 4) is 11.8 Å². The van der Waals surface area contributed by atoms with E-state index in [1.54, 1.807) is 12.1 Å². The minimum Gasteiger partial charge on any atom is -0.342 e. The van der Waals surface area contributed by atoms with Crippen LogP contribution in [-0.2, 0) is 9.47 Å². The Labute approximate surface area is 108 Å². The monoisotopic (exact) mass is 246 g/mol. The smallest absolute Gasteiger partial charge is 0.222 e. The fourth-order valence-electron chi connectivity index (χ4n) is 1.37. The van der Waals surface area contributed by atoms with Gasteiger partial charge in [0.05, 0.1) is 6.42 Å². The summed E-state index contributed by atoms with van der Waals surface area (Å²) < 4.78 is 10.5. The van der Waals surface area contributed by atoms with E-state index in [0.29, 0.717) is 18.8 Å². The van der Waals surface area contributed by atoms with Gasteiger partial charge in [-0.1, -0.05) is 36.3 Å². The Hall–Kier alpha value is -1.63. The summed E-state index contributed by atoms with van der Waals surface area (Å²) in [5, 5.41) is 0. The summed E-state index contributed by atoms with van der Waals surface area (Å²) in [6, 6.07) is 9.12. The fourth-order valence-corrected chi connectivity index (χ4v) is 1.37. The largest absolute Gasteiger partial charge is 0.342 e. The van der Waals surface area contributed by atoms with E-state index in [1.165, 1.54) is 0 Å². The summed E-state index contributed by atoms with van der Waals surface area (Å²) in [6.07, 6.45) is -0.357. The molecule has 0 spiro atoms. The van der Waals surface area contributed by atoms with Gasteiger partial charge in [-0.05, 0) is 19.8 Å². The quantitative estimate of drug-likeness (QED) is 0.440. The van der Waals surface area contributed by atoms with Crippen LogP contribution in [0.4, 0.5) is 0 Å². The van der Waals surface area contributed by atoms with Crippen LogP contribution in [0.1, 0.15) is 30.6 Å². The highest BCUT2D eigenvalue weighted by atomic mass is 16.7. The standard InChI is InChI=1S/C15H18O3/c1-3-17-15(18-4-2)12-8-11-14(16)13-9-6-5-7-10-13/h5-7,9-10,15H,3-4,11H2,1-2H3. The molecular weight excluding hydrogens is 228 g/mol. The summed E-state index contributed by atoms with van der Waals surface area (Å²) in [5.41, 5.74) is 0.677. The van der Waals surface area contributed by atoms with Crippen molar-refractivity contribution >= 4 is 5.78 Å². The molecule has 0 aromatic heterocycles. The van der Waals surface area contributed by atoms with Crippen LogP contribution in [0.2, 0.25) is 0 Å². The van der Waals surface area contributed by atoms with E-state index in [9.17, 15) is 4.79 Å². The van der Waals surface area contributed by atoms with Crippen molar-refractivity contribution in [1.82, 2.24) is 0 Å². The minimum atomic E-state index is -0.538. The lowest BCUT2D eigenvalue weighted by Crippen LogP contribution is -2.14. The fraction of sp³-hybridized carbons (Fsp3) is 0.400. The van der Waals surface area contributed by atoms with Crippen LogP contribution in [0.3, 0.4) is 0 Å². The molecule has 1 aromatic carbocycles. The lowest BCUT2D eigenvalue weighted by molar-refractivity contribution is -0.0970. The number of benzene rings is 1. The summed E-state index contributed by atoms with van der Waals surface area (Å²) >= 11 is 0. The number of ketones is 1. The first kappa shape index (κ1) is 14.4. The average molecular weight is 246 g/mol. The number of hydrogen-bond donors (Lipinski definition) is 0. The molecule has 0 radical (unpaired) electrons. The number of carbonyl (C=O) groups is 1. The first-order chi connectivity index (χ1) is 8.77. The Kier molecular flexibility index (Phi) is 6.78. The molecule has 0 saturated heterocycles. The van der Waals surface area contributed by atoms with Crippen molar-refractivity contribution in [2.24, 2.45) is 0 Å². The van der Waals surface area contributed by atoms with E-state index in [4.69, 9.17) is 9.47 Å². The van der Waals surface area contributed by atoms with Crippen LogP contribution in [-0.4, -0.2) is 25.3 Å². The molecule has 0 heterocycles. The van der Waals surface area contributed by atoms with Crippen molar-refractivity contribution in [3.05, 3.63) is 35.9 Å². The van der Waals surface area contributed by atoms with Crippen LogP contribution in [0, 0.1) is 11.8 Å². The normalized spacial score (nSPS) is 9.94. The second-order valence-corrected chi connectivity index (χ2v) is 3.53. The van der Waals surface area contributed by atoms with Gasteiger partial charge in [-0.3, -0.25) is 4.79 Å². The minimum absolute atomic E-state index is 0.00912. The number of rotatable bonds is 6. The van der Waals surface area contributed by atoms with Crippen molar-refractivity contribution in [2.45, 2.75) is 26.6 Å². The molecule has 1 rings (SSSR count). The van der Waals surface area contributed by atoms with Crippen LogP contribution >= 0.6 is 0 Å². The van der Waals surface area contributed by atoms with Gasteiger partial charge in [-0.25, -0.2) is 0 Å². The van der Waals surface area contributed by atoms with Gasteiger partial charge in [-0.2, -0.15) is 0 Å². The van der Waals surface area contributed by atoms with Gasteiger partial charge >= 0.3 is 0 Å². The summed E-state index contributed by atoms with van der Waals surface area (Å²) in [4.78, 5) is 11.8. The SMILES string of the molecule is CCOC(C#CCC(=O)c1ccccc1)OCC. The predicted octanol–water partition coefficient (Wildman–Crippen LogP) is 2.66. The second kappa shape index (κ2) is 8.46. The Balaban J connectivity index is 2.51. The van der Waals surface area contributed by atoms with Gasteiger partial charge in [0.25, 0.3) is 0 Å². The Morgan fingerprint density at radius 3 is 2.33 bits per heavy atom. The molecule has 0 aliphatic heterocycles. The molecule has 0 unspecified atom stereocenters. The highest BCUT2D eigenvalue weighted by Crippen LogP contribution is 2.02. The van der Waals surface area contributed by atoms with Gasteiger partial charge in [0.15, 0.2) is 5.78 Å². The Morgan fingerprint density at radius 1 is 1.17 bits per heavy atom. The molecule has 96 valence electrons. The van der Waals surface area contributed by atoms with Gasteiger partial charge in [0, 0.05) is 18.8 Å². The third-order valence-electron chi connectivity index (χ3n) is 2.20. The van der Waals surface area contributed by atoms with E-state index < -0.39 is 6.29 Å². The van der Waals surface area contributed by atoms with Crippen LogP contribution < -0.4 is 0 Å². The van der Waals surface area contributed by atoms with Crippen molar-refractivity contribution in [1.29, 1.82) is 0 Å². The molecule has 0 amide bonds. The lowest BCUT2D eigenvalue weighted by Gasteiger charge is -2.09. The first-order valence-electron chi connectivity index (χ1n) is 6.07. The van der Waals surface area contributed by atoms with Crippen LogP contribution in [0.25, 0.3) is 0 Å². The molecule has 18 heavy (non-hydrogen) atoms. The average Bonchev–Trinajstić information content (AvgIpc) is 2.40. The molecular formula is C15H18O3. The molecule has 1 aromatic rings. The van der Waals surface area contributed by atoms with Gasteiger partial charge in [-0.15, -0.1) is 0 Å². The molecule has 0 atom stereocenters. The molecule has 0 saturated carbocycles. The molecule has 3 nitrogen and oxygen atoms in total. The Morgan fingerprint density at radius 2 is 1.78 bits per heavy atom. The number of ether oxygens (including phenoxy) is 2. The van der Waals surface area contributed by atoms with E-state index in [0.717, 1.165) is 0 Å². The van der Waals surface area contributed by atoms with Gasteiger partial charge < -0.3 is 9.47 Å². The zero-order valence-electron chi connectivity index (χ0n) is 10.8. The highest BCUT2D eigenvalue weighted by molar-refractivity contribution is 5.97. The van der Waals surface area contributed by atoms with Crippen molar-refractivity contribution in [3.63, 3.8) is 0 Å². The first-order valence-corrected chi connectivity index (χ1v) is 6.07. The second-order valence-electron chi connectivity index (χ2n) is 3.53. The molecule has 0 aliphatic carbocycles. The van der Waals surface area contributed by atoms with Gasteiger partial charge in [0.1, 0.15) is 0 Å². The van der Waals surface area contributed by atoms with Crippen LogP contribution in [0.5, 0.6) is 0 Å². The lowest BCUT2D eigenvalue weighted by atomic mass is 10.1. The van der Waals surface area contributed by atoms with Crippen molar-refractivity contribution < 1.29 is 14.3 Å². The zero-order valence-corrected chi connectivity index (χ0v) is 10.8. The predicted molar refractivity (Wildman–Crippen MR) is 70.2 cm³/mol. The molecule has 3 heteroatoms. The van der Waals surface area contributed by atoms with E-state index in [-0.39, 0.29) is 12.2 Å². The van der Waals surface area contributed by atoms with E-state index in [1.807, 2.05) is 32.0 Å². The molecule has 0 fully saturated rings. The maximum Gasteiger partial charge on any atom is 0.222 e. The number of Topliss-reactive ketones (excluding diaryl/α,β-unsaturated/α-hetero) is 1. The van der Waals surface area contributed by atoms with Crippen molar-refractivity contribution in [2.75, 3.05) is 13.2 Å². The number of hydrogen-bond acceptors (Lipinski definition) is 3. The maximum atomic E-state index is 11.8. The summed E-state index contributed by atoms with van der Waals surface area (Å²) in [6.45, 7) is 4.82. The maximum absolute atomic E-state index is 11.8. The third kappa shape index (κ3) is 5.13. The molecule has 0 N–H and O–H groups in total. The number of carbonyl (C=O) groups excluding carboxylic acids is 1. The Bertz CT molecular complexity index is 408. The van der Waals surface area contributed by atoms with Gasteiger partial charge in [0.2, 0.25) is 6.29 Å². The third-order valence-corrected chi connectivity index (χ3v) is 2.20. The topological polar surface area (TPSA) is 35.5 Å². The summed E-state index contributed by atoms with van der Waals surface area (Å²) in [5.74, 6) is 5.62. The van der Waals surface area contributed by atoms with Crippen LogP contribution in [0.15, 0.2) is 30.3 Å². The zero-order chi connectivity index (χ0) is 13.2.